The van der Waals surface area contributed by atoms with Gasteiger partial charge in [-0.2, -0.15) is 0 Å². The zero-order valence-corrected chi connectivity index (χ0v) is 11.6. The van der Waals surface area contributed by atoms with Crippen LogP contribution in [0.15, 0.2) is 6.20 Å². The van der Waals surface area contributed by atoms with Gasteiger partial charge in [-0.05, 0) is 19.9 Å². The Morgan fingerprint density at radius 2 is 2.22 bits per heavy atom. The molecule has 0 spiro atoms. The third-order valence-corrected chi connectivity index (χ3v) is 4.12. The summed E-state index contributed by atoms with van der Waals surface area (Å²) < 4.78 is 0. The average Bonchev–Trinajstić information content (AvgIpc) is 2.98. The van der Waals surface area contributed by atoms with Gasteiger partial charge >= 0.3 is 0 Å². The molecule has 1 aromatic heterocycles. The molecule has 0 saturated carbocycles. The molecule has 6 heteroatoms. The van der Waals surface area contributed by atoms with Crippen LogP contribution in [0, 0.1) is 0 Å². The SMILES string of the molecule is CN(Cc1cnc(N2CCCC2)s1)C[C@@H](O)CO. The van der Waals surface area contributed by atoms with Gasteiger partial charge in [0.2, 0.25) is 0 Å². The molecule has 0 aromatic carbocycles. The van der Waals surface area contributed by atoms with Gasteiger partial charge in [0, 0.05) is 37.3 Å². The Labute approximate surface area is 112 Å². The summed E-state index contributed by atoms with van der Waals surface area (Å²) in [5.74, 6) is 0. The molecule has 18 heavy (non-hydrogen) atoms. The van der Waals surface area contributed by atoms with Crippen molar-refractivity contribution >= 4 is 16.5 Å². The average molecular weight is 271 g/mol. The van der Waals surface area contributed by atoms with Gasteiger partial charge in [-0.15, -0.1) is 11.3 Å². The van der Waals surface area contributed by atoms with Gasteiger partial charge in [0.05, 0.1) is 12.7 Å². The van der Waals surface area contributed by atoms with Crippen LogP contribution in [0.25, 0.3) is 0 Å². The highest BCUT2D eigenvalue weighted by Gasteiger charge is 2.16. The number of hydrogen-bond acceptors (Lipinski definition) is 6. The second-order valence-corrected chi connectivity index (χ2v) is 5.93. The number of likely N-dealkylation sites (N-methyl/N-ethyl adjacent to an activating group) is 1. The maximum atomic E-state index is 9.37. The van der Waals surface area contributed by atoms with E-state index in [9.17, 15) is 5.11 Å². The molecule has 0 unspecified atom stereocenters. The molecule has 2 rings (SSSR count). The van der Waals surface area contributed by atoms with Crippen LogP contribution in [0.4, 0.5) is 5.13 Å². The molecule has 0 amide bonds. The Bertz CT molecular complexity index is 366. The fourth-order valence-corrected chi connectivity index (χ4v) is 3.21. The molecule has 1 atom stereocenters. The minimum absolute atomic E-state index is 0.188. The van der Waals surface area contributed by atoms with Gasteiger partial charge in [0.15, 0.2) is 5.13 Å². The highest BCUT2D eigenvalue weighted by atomic mass is 32.1. The molecule has 1 fully saturated rings. The number of aliphatic hydroxyl groups excluding tert-OH is 2. The lowest BCUT2D eigenvalue weighted by atomic mass is 10.3. The van der Waals surface area contributed by atoms with Gasteiger partial charge in [-0.3, -0.25) is 4.90 Å². The molecule has 2 heterocycles. The Balaban J connectivity index is 1.85. The highest BCUT2D eigenvalue weighted by molar-refractivity contribution is 7.15. The normalized spacial score (nSPS) is 17.7. The van der Waals surface area contributed by atoms with Crippen molar-refractivity contribution < 1.29 is 10.2 Å². The van der Waals surface area contributed by atoms with Gasteiger partial charge in [0.1, 0.15) is 0 Å². The standard InChI is InChI=1S/C12H21N3O2S/c1-14(7-10(17)9-16)8-11-6-13-12(18-11)15-4-2-3-5-15/h6,10,16-17H,2-5,7-9H2,1H3/t10-/m1/s1. The van der Waals surface area contributed by atoms with Gasteiger partial charge in [-0.1, -0.05) is 0 Å². The number of rotatable bonds is 6. The molecule has 1 saturated heterocycles. The first-order chi connectivity index (χ1) is 8.69. The molecule has 1 aliphatic heterocycles. The molecule has 2 N–H and O–H groups in total. The van der Waals surface area contributed by atoms with Crippen LogP contribution < -0.4 is 4.90 Å². The topological polar surface area (TPSA) is 59.8 Å². The molecule has 1 aliphatic rings. The van der Waals surface area contributed by atoms with Crippen LogP contribution in [0.2, 0.25) is 0 Å². The van der Waals surface area contributed by atoms with Gasteiger partial charge in [0.25, 0.3) is 0 Å². The summed E-state index contributed by atoms with van der Waals surface area (Å²) >= 11 is 1.72. The Hall–Kier alpha value is -0.690. The van der Waals surface area contributed by atoms with Crippen LogP contribution in [-0.4, -0.2) is 59.5 Å². The first-order valence-electron chi connectivity index (χ1n) is 6.36. The van der Waals surface area contributed by atoms with Gasteiger partial charge < -0.3 is 15.1 Å². The number of aromatic nitrogens is 1. The van der Waals surface area contributed by atoms with E-state index in [2.05, 4.69) is 9.88 Å². The van der Waals surface area contributed by atoms with E-state index >= 15 is 0 Å². The summed E-state index contributed by atoms with van der Waals surface area (Å²) in [5, 5.41) is 19.3. The van der Waals surface area contributed by atoms with E-state index in [0.717, 1.165) is 24.8 Å². The first kappa shape index (κ1) is 13.7. The number of hydrogen-bond donors (Lipinski definition) is 2. The van der Waals surface area contributed by atoms with Crippen molar-refractivity contribution in [3.8, 4) is 0 Å². The van der Waals surface area contributed by atoms with Crippen molar-refractivity contribution in [3.63, 3.8) is 0 Å². The molecule has 102 valence electrons. The van der Waals surface area contributed by atoms with Crippen LogP contribution in [-0.2, 0) is 6.54 Å². The van der Waals surface area contributed by atoms with Crippen LogP contribution in [0.3, 0.4) is 0 Å². The van der Waals surface area contributed by atoms with Crippen molar-refractivity contribution in [3.05, 3.63) is 11.1 Å². The molecule has 0 aliphatic carbocycles. The monoisotopic (exact) mass is 271 g/mol. The first-order valence-corrected chi connectivity index (χ1v) is 7.18. The lowest BCUT2D eigenvalue weighted by Gasteiger charge is -2.18. The summed E-state index contributed by atoms with van der Waals surface area (Å²) in [6, 6.07) is 0. The van der Waals surface area contributed by atoms with Crippen LogP contribution in [0.5, 0.6) is 0 Å². The largest absolute Gasteiger partial charge is 0.394 e. The summed E-state index contributed by atoms with van der Waals surface area (Å²) in [6.07, 6.45) is 3.77. The molecular weight excluding hydrogens is 250 g/mol. The van der Waals surface area contributed by atoms with E-state index in [1.165, 1.54) is 17.7 Å². The molecule has 0 radical (unpaired) electrons. The fraction of sp³-hybridized carbons (Fsp3) is 0.750. The summed E-state index contributed by atoms with van der Waals surface area (Å²) in [4.78, 5) is 9.99. The zero-order valence-electron chi connectivity index (χ0n) is 10.7. The van der Waals surface area contributed by atoms with Crippen molar-refractivity contribution in [1.82, 2.24) is 9.88 Å². The minimum atomic E-state index is -0.666. The zero-order chi connectivity index (χ0) is 13.0. The number of thiazole rings is 1. The Morgan fingerprint density at radius 3 is 2.89 bits per heavy atom. The second kappa shape index (κ2) is 6.47. The fourth-order valence-electron chi connectivity index (χ4n) is 2.17. The number of anilines is 1. The predicted octanol–water partition coefficient (Wildman–Crippen LogP) is 0.528. The second-order valence-electron chi connectivity index (χ2n) is 4.84. The van der Waals surface area contributed by atoms with E-state index in [-0.39, 0.29) is 6.61 Å². The van der Waals surface area contributed by atoms with Crippen LogP contribution >= 0.6 is 11.3 Å². The van der Waals surface area contributed by atoms with E-state index in [1.807, 2.05) is 18.1 Å². The summed E-state index contributed by atoms with van der Waals surface area (Å²) in [5.41, 5.74) is 0. The Morgan fingerprint density at radius 1 is 1.50 bits per heavy atom. The van der Waals surface area contributed by atoms with Crippen LogP contribution in [0.1, 0.15) is 17.7 Å². The molecule has 5 nitrogen and oxygen atoms in total. The van der Waals surface area contributed by atoms with Crippen molar-refractivity contribution in [2.75, 3.05) is 38.2 Å². The molecule has 0 bridgehead atoms. The van der Waals surface area contributed by atoms with Crippen molar-refractivity contribution in [1.29, 1.82) is 0 Å². The smallest absolute Gasteiger partial charge is 0.185 e. The summed E-state index contributed by atoms with van der Waals surface area (Å²) in [6.45, 7) is 3.29. The van der Waals surface area contributed by atoms with E-state index < -0.39 is 6.10 Å². The lowest BCUT2D eigenvalue weighted by Crippen LogP contribution is -2.30. The van der Waals surface area contributed by atoms with Gasteiger partial charge in [-0.25, -0.2) is 4.98 Å². The molecule has 1 aromatic rings. The maximum absolute atomic E-state index is 9.37. The summed E-state index contributed by atoms with van der Waals surface area (Å²) in [7, 11) is 1.94. The van der Waals surface area contributed by atoms with Crippen molar-refractivity contribution in [2.45, 2.75) is 25.5 Å². The number of nitrogens with zero attached hydrogens (tertiary/aromatic N) is 3. The van der Waals surface area contributed by atoms with E-state index in [1.54, 1.807) is 11.3 Å². The van der Waals surface area contributed by atoms with E-state index in [4.69, 9.17) is 5.11 Å². The third-order valence-electron chi connectivity index (χ3n) is 3.08. The van der Waals surface area contributed by atoms with Crippen molar-refractivity contribution in [2.24, 2.45) is 0 Å². The minimum Gasteiger partial charge on any atom is -0.394 e. The maximum Gasteiger partial charge on any atom is 0.185 e. The predicted molar refractivity (Wildman–Crippen MR) is 73.0 cm³/mol. The van der Waals surface area contributed by atoms with E-state index in [0.29, 0.717) is 6.54 Å². The lowest BCUT2D eigenvalue weighted by molar-refractivity contribution is 0.0650. The highest BCUT2D eigenvalue weighted by Crippen LogP contribution is 2.26. The third kappa shape index (κ3) is 3.65. The Kier molecular flexibility index (Phi) is 4.94. The number of aliphatic hydroxyl groups is 2. The molecular formula is C12H21N3O2S. The quantitative estimate of drug-likeness (QED) is 0.790.